The molecule has 0 aliphatic heterocycles. The lowest BCUT2D eigenvalue weighted by Crippen LogP contribution is -2.02. The van der Waals surface area contributed by atoms with E-state index in [4.69, 9.17) is 0 Å². The van der Waals surface area contributed by atoms with Crippen LogP contribution in [0.4, 0.5) is 0 Å². The molecule has 0 spiro atoms. The van der Waals surface area contributed by atoms with Crippen LogP contribution in [0.5, 0.6) is 0 Å². The van der Waals surface area contributed by atoms with Crippen molar-refractivity contribution in [3.05, 3.63) is 34.6 Å². The van der Waals surface area contributed by atoms with Crippen molar-refractivity contribution in [2.45, 2.75) is 26.2 Å². The standard InChI is InChI=1S/C12H14BrN/c1-9-5-7-10(8-6-9)11-3-2-4-12(13)14-11/h2-4,7,9H,5-6,8H2,1H3. The Morgan fingerprint density at radius 2 is 2.29 bits per heavy atom. The lowest BCUT2D eigenvalue weighted by molar-refractivity contribution is 0.533. The van der Waals surface area contributed by atoms with Crippen LogP contribution in [0.15, 0.2) is 28.9 Å². The smallest absolute Gasteiger partial charge is 0.106 e. The molecule has 2 heteroatoms. The molecular formula is C12H14BrN. The number of aromatic nitrogens is 1. The summed E-state index contributed by atoms with van der Waals surface area (Å²) in [5, 5.41) is 0. The van der Waals surface area contributed by atoms with Gasteiger partial charge in [0.25, 0.3) is 0 Å². The van der Waals surface area contributed by atoms with Crippen LogP contribution in [0.1, 0.15) is 31.9 Å². The summed E-state index contributed by atoms with van der Waals surface area (Å²) in [5.41, 5.74) is 2.54. The van der Waals surface area contributed by atoms with E-state index in [2.05, 4.69) is 40.0 Å². The van der Waals surface area contributed by atoms with Crippen LogP contribution in [0.2, 0.25) is 0 Å². The molecule has 0 fully saturated rings. The topological polar surface area (TPSA) is 12.9 Å². The van der Waals surface area contributed by atoms with E-state index in [0.29, 0.717) is 0 Å². The highest BCUT2D eigenvalue weighted by Gasteiger charge is 2.12. The second-order valence-corrected chi connectivity index (χ2v) is 4.77. The van der Waals surface area contributed by atoms with Crippen molar-refractivity contribution in [1.29, 1.82) is 0 Å². The van der Waals surface area contributed by atoms with E-state index < -0.39 is 0 Å². The van der Waals surface area contributed by atoms with Crippen LogP contribution in [-0.4, -0.2) is 4.98 Å². The first-order chi connectivity index (χ1) is 6.75. The van der Waals surface area contributed by atoms with Gasteiger partial charge in [-0.1, -0.05) is 19.1 Å². The zero-order valence-corrected chi connectivity index (χ0v) is 9.92. The molecule has 74 valence electrons. The highest BCUT2D eigenvalue weighted by Crippen LogP contribution is 2.29. The highest BCUT2D eigenvalue weighted by molar-refractivity contribution is 9.10. The summed E-state index contributed by atoms with van der Waals surface area (Å²) >= 11 is 3.40. The lowest BCUT2D eigenvalue weighted by atomic mass is 9.89. The first kappa shape index (κ1) is 9.91. The van der Waals surface area contributed by atoms with Crippen molar-refractivity contribution < 1.29 is 0 Å². The normalized spacial score (nSPS) is 21.9. The Hall–Kier alpha value is -0.630. The van der Waals surface area contributed by atoms with Crippen LogP contribution in [-0.2, 0) is 0 Å². The zero-order valence-electron chi connectivity index (χ0n) is 8.33. The SMILES string of the molecule is CC1CC=C(c2cccc(Br)n2)CC1. The molecule has 1 aromatic rings. The molecule has 1 atom stereocenters. The number of nitrogens with zero attached hydrogens (tertiary/aromatic N) is 1. The third kappa shape index (κ3) is 2.24. The molecule has 0 saturated heterocycles. The summed E-state index contributed by atoms with van der Waals surface area (Å²) in [4.78, 5) is 4.47. The van der Waals surface area contributed by atoms with Gasteiger partial charge in [0.2, 0.25) is 0 Å². The fourth-order valence-corrected chi connectivity index (χ4v) is 2.13. The first-order valence-electron chi connectivity index (χ1n) is 5.07. The molecule has 1 nitrogen and oxygen atoms in total. The molecule has 0 bridgehead atoms. The minimum absolute atomic E-state index is 0.839. The minimum Gasteiger partial charge on any atom is -0.241 e. The van der Waals surface area contributed by atoms with E-state index >= 15 is 0 Å². The number of pyridine rings is 1. The zero-order chi connectivity index (χ0) is 9.97. The number of hydrogen-bond donors (Lipinski definition) is 0. The van der Waals surface area contributed by atoms with Crippen molar-refractivity contribution in [3.8, 4) is 0 Å². The number of halogens is 1. The van der Waals surface area contributed by atoms with Gasteiger partial charge in [-0.3, -0.25) is 0 Å². The van der Waals surface area contributed by atoms with Gasteiger partial charge < -0.3 is 0 Å². The number of rotatable bonds is 1. The Kier molecular flexibility index (Phi) is 3.02. The molecule has 0 N–H and O–H groups in total. The number of hydrogen-bond acceptors (Lipinski definition) is 1. The summed E-state index contributed by atoms with van der Waals surface area (Å²) < 4.78 is 0.925. The Labute approximate surface area is 93.4 Å². The van der Waals surface area contributed by atoms with Crippen molar-refractivity contribution >= 4 is 21.5 Å². The van der Waals surface area contributed by atoms with Crippen molar-refractivity contribution in [2.24, 2.45) is 5.92 Å². The van der Waals surface area contributed by atoms with Crippen LogP contribution in [0.25, 0.3) is 5.57 Å². The van der Waals surface area contributed by atoms with Gasteiger partial charge in [-0.25, -0.2) is 4.98 Å². The van der Waals surface area contributed by atoms with Crippen LogP contribution < -0.4 is 0 Å². The summed E-state index contributed by atoms with van der Waals surface area (Å²) in [6, 6.07) is 6.10. The Bertz CT molecular complexity index is 357. The van der Waals surface area contributed by atoms with Gasteiger partial charge in [0.1, 0.15) is 4.60 Å². The third-order valence-corrected chi connectivity index (χ3v) is 3.16. The molecule has 14 heavy (non-hydrogen) atoms. The maximum atomic E-state index is 4.47. The molecule has 1 aliphatic rings. The molecule has 0 aromatic carbocycles. The van der Waals surface area contributed by atoms with Crippen LogP contribution in [0.3, 0.4) is 0 Å². The lowest BCUT2D eigenvalue weighted by Gasteiger charge is -2.17. The number of allylic oxidation sites excluding steroid dienone is 2. The van der Waals surface area contributed by atoms with E-state index in [1.165, 1.54) is 24.8 Å². The molecular weight excluding hydrogens is 238 g/mol. The summed E-state index contributed by atoms with van der Waals surface area (Å²) in [7, 11) is 0. The van der Waals surface area contributed by atoms with Gasteiger partial charge in [-0.2, -0.15) is 0 Å². The van der Waals surface area contributed by atoms with Crippen molar-refractivity contribution in [1.82, 2.24) is 4.98 Å². The van der Waals surface area contributed by atoms with E-state index in [9.17, 15) is 0 Å². The van der Waals surface area contributed by atoms with Gasteiger partial charge in [-0.05, 0) is 58.8 Å². The van der Waals surface area contributed by atoms with E-state index in [1.54, 1.807) is 0 Å². The van der Waals surface area contributed by atoms with E-state index in [1.807, 2.05) is 12.1 Å². The second kappa shape index (κ2) is 4.26. The van der Waals surface area contributed by atoms with Gasteiger partial charge in [-0.15, -0.1) is 0 Å². The largest absolute Gasteiger partial charge is 0.241 e. The predicted octanol–water partition coefficient (Wildman–Crippen LogP) is 4.05. The molecule has 2 rings (SSSR count). The quantitative estimate of drug-likeness (QED) is 0.687. The van der Waals surface area contributed by atoms with Gasteiger partial charge in [0.05, 0.1) is 5.69 Å². The molecule has 0 amide bonds. The highest BCUT2D eigenvalue weighted by atomic mass is 79.9. The average molecular weight is 252 g/mol. The Balaban J connectivity index is 2.23. The van der Waals surface area contributed by atoms with E-state index in [-0.39, 0.29) is 0 Å². The maximum absolute atomic E-state index is 4.47. The second-order valence-electron chi connectivity index (χ2n) is 3.95. The average Bonchev–Trinajstić information content (AvgIpc) is 2.19. The fourth-order valence-electron chi connectivity index (χ4n) is 1.79. The van der Waals surface area contributed by atoms with Gasteiger partial charge >= 0.3 is 0 Å². The van der Waals surface area contributed by atoms with Gasteiger partial charge in [0.15, 0.2) is 0 Å². The van der Waals surface area contributed by atoms with Crippen molar-refractivity contribution in [2.75, 3.05) is 0 Å². The maximum Gasteiger partial charge on any atom is 0.106 e. The van der Waals surface area contributed by atoms with Crippen LogP contribution in [0, 0.1) is 5.92 Å². The molecule has 1 aliphatic carbocycles. The minimum atomic E-state index is 0.839. The molecule has 0 radical (unpaired) electrons. The van der Waals surface area contributed by atoms with E-state index in [0.717, 1.165) is 16.2 Å². The Morgan fingerprint density at radius 1 is 1.43 bits per heavy atom. The fraction of sp³-hybridized carbons (Fsp3) is 0.417. The predicted molar refractivity (Wildman–Crippen MR) is 62.9 cm³/mol. The molecule has 1 heterocycles. The van der Waals surface area contributed by atoms with Gasteiger partial charge in [0, 0.05) is 0 Å². The Morgan fingerprint density at radius 3 is 2.93 bits per heavy atom. The summed E-state index contributed by atoms with van der Waals surface area (Å²) in [6.45, 7) is 2.31. The molecule has 1 aromatic heterocycles. The molecule has 1 unspecified atom stereocenters. The summed E-state index contributed by atoms with van der Waals surface area (Å²) in [6.07, 6.45) is 6.00. The molecule has 0 saturated carbocycles. The third-order valence-electron chi connectivity index (χ3n) is 2.72. The van der Waals surface area contributed by atoms with Crippen molar-refractivity contribution in [3.63, 3.8) is 0 Å². The van der Waals surface area contributed by atoms with Crippen LogP contribution >= 0.6 is 15.9 Å². The first-order valence-corrected chi connectivity index (χ1v) is 5.87. The monoisotopic (exact) mass is 251 g/mol. The summed E-state index contributed by atoms with van der Waals surface area (Å²) in [5.74, 6) is 0.839.